The molecule has 2 N–H and O–H groups in total. The molecular formula is C13H26N2O. The van der Waals surface area contributed by atoms with Crippen molar-refractivity contribution in [1.82, 2.24) is 4.90 Å². The van der Waals surface area contributed by atoms with Gasteiger partial charge in [-0.05, 0) is 31.6 Å². The van der Waals surface area contributed by atoms with Gasteiger partial charge in [0.25, 0.3) is 0 Å². The van der Waals surface area contributed by atoms with Crippen LogP contribution in [0.2, 0.25) is 0 Å². The van der Waals surface area contributed by atoms with E-state index in [2.05, 4.69) is 18.7 Å². The lowest BCUT2D eigenvalue weighted by Gasteiger charge is -2.54. The maximum atomic E-state index is 6.03. The highest BCUT2D eigenvalue weighted by molar-refractivity contribution is 5.08. The molecule has 2 aliphatic rings. The summed E-state index contributed by atoms with van der Waals surface area (Å²) in [5.41, 5.74) is 6.29. The topological polar surface area (TPSA) is 38.5 Å². The zero-order valence-corrected chi connectivity index (χ0v) is 10.9. The molecule has 0 unspecified atom stereocenters. The maximum Gasteiger partial charge on any atom is 0.0607 e. The van der Waals surface area contributed by atoms with E-state index in [-0.39, 0.29) is 5.54 Å². The number of nitrogens with zero attached hydrogens (tertiary/aromatic N) is 1. The van der Waals surface area contributed by atoms with Crippen molar-refractivity contribution in [2.75, 3.05) is 20.2 Å². The second kappa shape index (κ2) is 4.63. The van der Waals surface area contributed by atoms with Gasteiger partial charge in [0.2, 0.25) is 0 Å². The molecule has 0 amide bonds. The van der Waals surface area contributed by atoms with Crippen LogP contribution in [-0.2, 0) is 4.74 Å². The highest BCUT2D eigenvalue weighted by Crippen LogP contribution is 2.44. The predicted molar refractivity (Wildman–Crippen MR) is 66.4 cm³/mol. The van der Waals surface area contributed by atoms with E-state index < -0.39 is 0 Å². The summed E-state index contributed by atoms with van der Waals surface area (Å²) in [6.45, 7) is 6.58. The van der Waals surface area contributed by atoms with Gasteiger partial charge < -0.3 is 10.5 Å². The SMILES string of the molecule is COC1CC(CN)(N(CC(C)C)C2CC2)C1. The number of methoxy groups -OCH3 is 1. The molecule has 2 aliphatic carbocycles. The molecule has 0 aromatic heterocycles. The van der Waals surface area contributed by atoms with E-state index in [4.69, 9.17) is 10.5 Å². The fourth-order valence-electron chi connectivity index (χ4n) is 2.98. The Morgan fingerprint density at radius 1 is 1.38 bits per heavy atom. The number of rotatable bonds is 6. The summed E-state index contributed by atoms with van der Waals surface area (Å²) >= 11 is 0. The average molecular weight is 226 g/mol. The Hall–Kier alpha value is -0.120. The van der Waals surface area contributed by atoms with E-state index in [0.29, 0.717) is 6.10 Å². The lowest BCUT2D eigenvalue weighted by molar-refractivity contribution is -0.0939. The van der Waals surface area contributed by atoms with Crippen LogP contribution in [0.15, 0.2) is 0 Å². The summed E-state index contributed by atoms with van der Waals surface area (Å²) in [6.07, 6.45) is 5.43. The zero-order chi connectivity index (χ0) is 11.8. The van der Waals surface area contributed by atoms with E-state index in [1.54, 1.807) is 0 Å². The Balaban J connectivity index is 2.00. The average Bonchev–Trinajstić information content (AvgIpc) is 2.98. The summed E-state index contributed by atoms with van der Waals surface area (Å²) in [5.74, 6) is 0.727. The molecule has 16 heavy (non-hydrogen) atoms. The monoisotopic (exact) mass is 226 g/mol. The van der Waals surface area contributed by atoms with Crippen molar-refractivity contribution >= 4 is 0 Å². The smallest absolute Gasteiger partial charge is 0.0607 e. The number of ether oxygens (including phenoxy) is 1. The molecule has 0 heterocycles. The van der Waals surface area contributed by atoms with Crippen molar-refractivity contribution in [2.24, 2.45) is 11.7 Å². The number of hydrogen-bond donors (Lipinski definition) is 1. The number of nitrogens with two attached hydrogens (primary N) is 1. The molecule has 2 saturated carbocycles. The molecule has 0 saturated heterocycles. The fourth-order valence-corrected chi connectivity index (χ4v) is 2.98. The zero-order valence-electron chi connectivity index (χ0n) is 10.9. The second-order valence-corrected chi connectivity index (χ2v) is 5.97. The summed E-state index contributed by atoms with van der Waals surface area (Å²) < 4.78 is 5.42. The Morgan fingerprint density at radius 2 is 2.00 bits per heavy atom. The van der Waals surface area contributed by atoms with E-state index in [9.17, 15) is 0 Å². The van der Waals surface area contributed by atoms with Gasteiger partial charge in [0, 0.05) is 31.8 Å². The quantitative estimate of drug-likeness (QED) is 0.748. The molecule has 3 nitrogen and oxygen atoms in total. The van der Waals surface area contributed by atoms with Crippen LogP contribution in [0.3, 0.4) is 0 Å². The molecule has 2 rings (SSSR count). The van der Waals surface area contributed by atoms with E-state index in [1.165, 1.54) is 19.4 Å². The molecule has 0 atom stereocenters. The predicted octanol–water partition coefficient (Wildman–Crippen LogP) is 1.61. The standard InChI is InChI=1S/C13H26N2O/c1-10(2)8-15(11-4-5-11)13(9-14)6-12(7-13)16-3/h10-12H,4-9,14H2,1-3H3. The van der Waals surface area contributed by atoms with Crippen molar-refractivity contribution < 1.29 is 4.74 Å². The van der Waals surface area contributed by atoms with Crippen LogP contribution in [0.1, 0.15) is 39.5 Å². The molecule has 3 heteroatoms. The third-order valence-corrected chi connectivity index (χ3v) is 4.09. The van der Waals surface area contributed by atoms with Crippen LogP contribution in [0.5, 0.6) is 0 Å². The van der Waals surface area contributed by atoms with Gasteiger partial charge in [-0.25, -0.2) is 0 Å². The molecule has 94 valence electrons. The molecule has 2 fully saturated rings. The lowest BCUT2D eigenvalue weighted by atomic mass is 9.72. The third kappa shape index (κ3) is 2.27. The first-order valence-corrected chi connectivity index (χ1v) is 6.61. The second-order valence-electron chi connectivity index (χ2n) is 5.97. The Morgan fingerprint density at radius 3 is 2.38 bits per heavy atom. The third-order valence-electron chi connectivity index (χ3n) is 4.09. The summed E-state index contributed by atoms with van der Waals surface area (Å²) in [5, 5.41) is 0. The van der Waals surface area contributed by atoms with E-state index in [1.807, 2.05) is 7.11 Å². The first-order valence-electron chi connectivity index (χ1n) is 6.61. The highest BCUT2D eigenvalue weighted by atomic mass is 16.5. The molecule has 0 aliphatic heterocycles. The van der Waals surface area contributed by atoms with E-state index >= 15 is 0 Å². The van der Waals surface area contributed by atoms with Gasteiger partial charge >= 0.3 is 0 Å². The first-order chi connectivity index (χ1) is 7.61. The minimum absolute atomic E-state index is 0.256. The maximum absolute atomic E-state index is 6.03. The Labute approximate surface area is 99.3 Å². The van der Waals surface area contributed by atoms with Crippen molar-refractivity contribution in [2.45, 2.75) is 57.2 Å². The fraction of sp³-hybridized carbons (Fsp3) is 1.00. The minimum Gasteiger partial charge on any atom is -0.381 e. The molecular weight excluding hydrogens is 200 g/mol. The van der Waals surface area contributed by atoms with Gasteiger partial charge in [-0.3, -0.25) is 4.90 Å². The normalized spacial score (nSPS) is 34.5. The molecule has 0 aromatic carbocycles. The van der Waals surface area contributed by atoms with Crippen molar-refractivity contribution in [1.29, 1.82) is 0 Å². The molecule has 0 aromatic rings. The van der Waals surface area contributed by atoms with Crippen molar-refractivity contribution in [3.8, 4) is 0 Å². The van der Waals surface area contributed by atoms with Crippen LogP contribution >= 0.6 is 0 Å². The van der Waals surface area contributed by atoms with Gasteiger partial charge in [-0.2, -0.15) is 0 Å². The minimum atomic E-state index is 0.256. The van der Waals surface area contributed by atoms with Crippen LogP contribution in [-0.4, -0.2) is 42.8 Å². The molecule has 0 spiro atoms. The summed E-state index contributed by atoms with van der Waals surface area (Å²) in [4.78, 5) is 2.69. The number of hydrogen-bond acceptors (Lipinski definition) is 3. The largest absolute Gasteiger partial charge is 0.381 e. The van der Waals surface area contributed by atoms with Gasteiger partial charge in [0.1, 0.15) is 0 Å². The van der Waals surface area contributed by atoms with Gasteiger partial charge in [0.15, 0.2) is 0 Å². The summed E-state index contributed by atoms with van der Waals surface area (Å²) in [7, 11) is 1.81. The van der Waals surface area contributed by atoms with E-state index in [0.717, 1.165) is 31.3 Å². The van der Waals surface area contributed by atoms with Gasteiger partial charge in [-0.15, -0.1) is 0 Å². The van der Waals surface area contributed by atoms with Crippen LogP contribution in [0.4, 0.5) is 0 Å². The Kier molecular flexibility index (Phi) is 3.57. The highest BCUT2D eigenvalue weighted by Gasteiger charge is 2.51. The van der Waals surface area contributed by atoms with Crippen LogP contribution in [0.25, 0.3) is 0 Å². The van der Waals surface area contributed by atoms with Crippen LogP contribution in [0, 0.1) is 5.92 Å². The lowest BCUT2D eigenvalue weighted by Crippen LogP contribution is -2.65. The van der Waals surface area contributed by atoms with Crippen LogP contribution < -0.4 is 5.73 Å². The molecule has 0 radical (unpaired) electrons. The van der Waals surface area contributed by atoms with Gasteiger partial charge in [0.05, 0.1) is 6.10 Å². The molecule has 0 bridgehead atoms. The first kappa shape index (κ1) is 12.3. The Bertz CT molecular complexity index is 232. The van der Waals surface area contributed by atoms with Gasteiger partial charge in [-0.1, -0.05) is 13.8 Å². The van der Waals surface area contributed by atoms with Crippen molar-refractivity contribution in [3.05, 3.63) is 0 Å². The van der Waals surface area contributed by atoms with Crippen molar-refractivity contribution in [3.63, 3.8) is 0 Å². The summed E-state index contributed by atoms with van der Waals surface area (Å²) in [6, 6.07) is 0.809.